The lowest BCUT2D eigenvalue weighted by molar-refractivity contribution is 0.102. The van der Waals surface area contributed by atoms with Crippen molar-refractivity contribution in [1.82, 2.24) is 4.98 Å². The largest absolute Gasteiger partial charge is 0.495 e. The molecule has 0 saturated heterocycles. The maximum absolute atomic E-state index is 12.8. The van der Waals surface area contributed by atoms with Gasteiger partial charge >= 0.3 is 0 Å². The first-order chi connectivity index (χ1) is 12.6. The number of hydrogen-bond donors (Lipinski definition) is 1. The molecular formula is C20H17ClN2O2S. The summed E-state index contributed by atoms with van der Waals surface area (Å²) in [5, 5.41) is 4.00. The van der Waals surface area contributed by atoms with Gasteiger partial charge in [-0.1, -0.05) is 41.1 Å². The van der Waals surface area contributed by atoms with E-state index in [1.54, 1.807) is 43.6 Å². The third kappa shape index (κ3) is 4.36. The predicted molar refractivity (Wildman–Crippen MR) is 105 cm³/mol. The highest BCUT2D eigenvalue weighted by atomic mass is 35.5. The van der Waals surface area contributed by atoms with Gasteiger partial charge in [-0.05, 0) is 49.4 Å². The number of methoxy groups -OCH3 is 1. The topological polar surface area (TPSA) is 51.2 Å². The van der Waals surface area contributed by atoms with Gasteiger partial charge in [0.25, 0.3) is 5.91 Å². The summed E-state index contributed by atoms with van der Waals surface area (Å²) in [4.78, 5) is 18.2. The molecule has 4 nitrogen and oxygen atoms in total. The molecule has 26 heavy (non-hydrogen) atoms. The Labute approximate surface area is 161 Å². The second kappa shape index (κ2) is 8.25. The summed E-state index contributed by atoms with van der Waals surface area (Å²) in [6.45, 7) is 2.03. The van der Waals surface area contributed by atoms with Crippen molar-refractivity contribution < 1.29 is 9.53 Å². The van der Waals surface area contributed by atoms with Gasteiger partial charge in [0.15, 0.2) is 0 Å². The van der Waals surface area contributed by atoms with Crippen molar-refractivity contribution >= 4 is 35.0 Å². The lowest BCUT2D eigenvalue weighted by atomic mass is 10.2. The molecule has 1 amide bonds. The lowest BCUT2D eigenvalue weighted by Crippen LogP contribution is -2.14. The van der Waals surface area contributed by atoms with Crippen molar-refractivity contribution in [3.05, 3.63) is 76.9 Å². The second-order valence-electron chi connectivity index (χ2n) is 5.57. The predicted octanol–water partition coefficient (Wildman–Crippen LogP) is 5.46. The maximum atomic E-state index is 12.8. The van der Waals surface area contributed by atoms with Crippen LogP contribution in [0.1, 0.15) is 15.9 Å². The van der Waals surface area contributed by atoms with Crippen LogP contribution in [0.4, 0.5) is 5.69 Å². The van der Waals surface area contributed by atoms with Gasteiger partial charge in [0.05, 0.1) is 18.4 Å². The van der Waals surface area contributed by atoms with Crippen LogP contribution < -0.4 is 10.1 Å². The van der Waals surface area contributed by atoms with Crippen LogP contribution in [0.5, 0.6) is 5.75 Å². The summed E-state index contributed by atoms with van der Waals surface area (Å²) in [5.74, 6) is 0.271. The number of nitrogens with one attached hydrogen (secondary N) is 1. The minimum Gasteiger partial charge on any atom is -0.495 e. The van der Waals surface area contributed by atoms with Gasteiger partial charge in [-0.3, -0.25) is 4.79 Å². The molecule has 0 bridgehead atoms. The molecule has 1 heterocycles. The molecule has 0 atom stereocenters. The van der Waals surface area contributed by atoms with E-state index in [1.807, 2.05) is 31.2 Å². The van der Waals surface area contributed by atoms with Crippen molar-refractivity contribution in [2.24, 2.45) is 0 Å². The standard InChI is InChI=1S/C20H17ClN2O2S/c1-13-5-8-15(9-6-13)26-20-16(4-3-11-22-20)19(24)23-17-12-14(21)7-10-18(17)25-2/h3-12H,1-2H3,(H,23,24). The maximum Gasteiger partial charge on any atom is 0.258 e. The van der Waals surface area contributed by atoms with Crippen molar-refractivity contribution in [2.75, 3.05) is 12.4 Å². The Morgan fingerprint density at radius 3 is 2.65 bits per heavy atom. The summed E-state index contributed by atoms with van der Waals surface area (Å²) in [6.07, 6.45) is 1.67. The molecule has 0 aliphatic heterocycles. The zero-order valence-electron chi connectivity index (χ0n) is 14.3. The first-order valence-electron chi connectivity index (χ1n) is 7.91. The van der Waals surface area contributed by atoms with Gasteiger partial charge in [0, 0.05) is 16.1 Å². The number of halogens is 1. The van der Waals surface area contributed by atoms with E-state index in [2.05, 4.69) is 10.3 Å². The smallest absolute Gasteiger partial charge is 0.258 e. The molecular weight excluding hydrogens is 368 g/mol. The van der Waals surface area contributed by atoms with Crippen LogP contribution in [0.3, 0.4) is 0 Å². The van der Waals surface area contributed by atoms with Gasteiger partial charge < -0.3 is 10.1 Å². The summed E-state index contributed by atoms with van der Waals surface area (Å²) in [5.41, 5.74) is 2.18. The molecule has 1 N–H and O–H groups in total. The fourth-order valence-corrected chi connectivity index (χ4v) is 3.38. The summed E-state index contributed by atoms with van der Waals surface area (Å²) in [6, 6.07) is 16.6. The van der Waals surface area contributed by atoms with E-state index in [9.17, 15) is 4.79 Å². The first-order valence-corrected chi connectivity index (χ1v) is 9.10. The Bertz CT molecular complexity index is 929. The SMILES string of the molecule is COc1ccc(Cl)cc1NC(=O)c1cccnc1Sc1ccc(C)cc1. The number of benzene rings is 2. The molecule has 0 aliphatic carbocycles. The van der Waals surface area contributed by atoms with Crippen molar-refractivity contribution in [2.45, 2.75) is 16.8 Å². The third-order valence-electron chi connectivity index (χ3n) is 3.66. The van der Waals surface area contributed by atoms with E-state index < -0.39 is 0 Å². The molecule has 0 aliphatic rings. The normalized spacial score (nSPS) is 10.4. The lowest BCUT2D eigenvalue weighted by Gasteiger charge is -2.12. The van der Waals surface area contributed by atoms with E-state index >= 15 is 0 Å². The molecule has 3 aromatic rings. The molecule has 6 heteroatoms. The zero-order valence-corrected chi connectivity index (χ0v) is 15.9. The van der Waals surface area contributed by atoms with Crippen LogP contribution in [0, 0.1) is 6.92 Å². The average Bonchev–Trinajstić information content (AvgIpc) is 2.64. The molecule has 2 aromatic carbocycles. The monoisotopic (exact) mass is 384 g/mol. The molecule has 3 rings (SSSR count). The average molecular weight is 385 g/mol. The summed E-state index contributed by atoms with van der Waals surface area (Å²) < 4.78 is 5.28. The van der Waals surface area contributed by atoms with Gasteiger partial charge in [0.2, 0.25) is 0 Å². The summed E-state index contributed by atoms with van der Waals surface area (Å²) in [7, 11) is 1.54. The number of amides is 1. The molecule has 0 saturated carbocycles. The molecule has 1 aromatic heterocycles. The van der Waals surface area contributed by atoms with Crippen molar-refractivity contribution in [3.8, 4) is 5.75 Å². The van der Waals surface area contributed by atoms with Crippen LogP contribution in [-0.2, 0) is 0 Å². The highest BCUT2D eigenvalue weighted by molar-refractivity contribution is 7.99. The Morgan fingerprint density at radius 1 is 1.15 bits per heavy atom. The number of ether oxygens (including phenoxy) is 1. The highest BCUT2D eigenvalue weighted by Gasteiger charge is 2.15. The molecule has 0 radical (unpaired) electrons. The van der Waals surface area contributed by atoms with Gasteiger partial charge in [-0.2, -0.15) is 0 Å². The van der Waals surface area contributed by atoms with E-state index in [1.165, 1.54) is 17.3 Å². The Balaban J connectivity index is 1.86. The van der Waals surface area contributed by atoms with E-state index in [4.69, 9.17) is 16.3 Å². The molecule has 0 fully saturated rings. The fraction of sp³-hybridized carbons (Fsp3) is 0.100. The van der Waals surface area contributed by atoms with Gasteiger partial charge in [-0.15, -0.1) is 0 Å². The van der Waals surface area contributed by atoms with Crippen LogP contribution >= 0.6 is 23.4 Å². The molecule has 0 unspecified atom stereocenters. The first kappa shape index (κ1) is 18.3. The molecule has 132 valence electrons. The number of rotatable bonds is 5. The number of carbonyl (C=O) groups is 1. The van der Waals surface area contributed by atoms with Crippen LogP contribution in [0.2, 0.25) is 5.02 Å². The highest BCUT2D eigenvalue weighted by Crippen LogP contribution is 2.31. The second-order valence-corrected chi connectivity index (χ2v) is 7.07. The van der Waals surface area contributed by atoms with Crippen molar-refractivity contribution in [1.29, 1.82) is 0 Å². The minimum atomic E-state index is -0.270. The van der Waals surface area contributed by atoms with E-state index in [0.717, 1.165) is 4.90 Å². The van der Waals surface area contributed by atoms with E-state index in [0.29, 0.717) is 27.0 Å². The zero-order chi connectivity index (χ0) is 18.5. The van der Waals surface area contributed by atoms with Crippen molar-refractivity contribution in [3.63, 3.8) is 0 Å². The Morgan fingerprint density at radius 2 is 1.92 bits per heavy atom. The minimum absolute atomic E-state index is 0.270. The molecule has 0 spiro atoms. The van der Waals surface area contributed by atoms with E-state index in [-0.39, 0.29) is 5.91 Å². The van der Waals surface area contributed by atoms with Crippen LogP contribution in [-0.4, -0.2) is 18.0 Å². The number of anilines is 1. The third-order valence-corrected chi connectivity index (χ3v) is 4.92. The van der Waals surface area contributed by atoms with Crippen LogP contribution in [0.25, 0.3) is 0 Å². The van der Waals surface area contributed by atoms with Crippen LogP contribution in [0.15, 0.2) is 70.7 Å². The number of aromatic nitrogens is 1. The quantitative estimate of drug-likeness (QED) is 0.635. The number of nitrogens with zero attached hydrogens (tertiary/aromatic N) is 1. The number of pyridine rings is 1. The number of carbonyl (C=O) groups excluding carboxylic acids is 1. The fourth-order valence-electron chi connectivity index (χ4n) is 2.33. The number of hydrogen-bond acceptors (Lipinski definition) is 4. The Hall–Kier alpha value is -2.50. The summed E-state index contributed by atoms with van der Waals surface area (Å²) >= 11 is 7.48. The Kier molecular flexibility index (Phi) is 5.81. The van der Waals surface area contributed by atoms with Gasteiger partial charge in [0.1, 0.15) is 10.8 Å². The number of aryl methyl sites for hydroxylation is 1. The van der Waals surface area contributed by atoms with Gasteiger partial charge in [-0.25, -0.2) is 4.98 Å².